The Morgan fingerprint density at radius 1 is 0.406 bits per heavy atom. The topological polar surface area (TPSA) is 440 Å². The third-order valence-corrected chi connectivity index (χ3v) is 13.0. The van der Waals surface area contributed by atoms with Gasteiger partial charge in [0.15, 0.2) is 43.8 Å². The number of rotatable bonds is 14. The number of carbonyl (C=O) groups excluding carboxylic acids is 2. The molecule has 0 radical (unpaired) electrons. The maximum Gasteiger partial charge on any atom is 0.303 e. The minimum Gasteiger partial charge on any atom is -0.454 e. The Morgan fingerprint density at radius 3 is 1.36 bits per heavy atom. The summed E-state index contributed by atoms with van der Waals surface area (Å²) >= 11 is 0. The van der Waals surface area contributed by atoms with Gasteiger partial charge in [-0.1, -0.05) is 0 Å². The van der Waals surface area contributed by atoms with Crippen molar-refractivity contribution in [2.24, 2.45) is 0 Å². The van der Waals surface area contributed by atoms with Crippen LogP contribution in [0.4, 0.5) is 0 Å². The Kier molecular flexibility index (Phi) is 19.1. The van der Waals surface area contributed by atoms with E-state index in [1.807, 2.05) is 0 Å². The molecule has 0 aromatic heterocycles. The first-order valence-corrected chi connectivity index (χ1v) is 22.4. The number of ether oxygens (including phenoxy) is 12. The van der Waals surface area contributed by atoms with Crippen molar-refractivity contribution >= 4 is 11.9 Å². The van der Waals surface area contributed by atoms with Crippen LogP contribution in [0.15, 0.2) is 0 Å². The number of nitrogens with one attached hydrogen (secondary N) is 1. The van der Waals surface area contributed by atoms with Crippen LogP contribution in [0.25, 0.3) is 0 Å². The van der Waals surface area contributed by atoms with Crippen molar-refractivity contribution < 1.29 is 138 Å². The largest absolute Gasteiger partial charge is 0.454 e. The van der Waals surface area contributed by atoms with Gasteiger partial charge in [0.2, 0.25) is 5.91 Å². The maximum absolute atomic E-state index is 13.0. The first-order chi connectivity index (χ1) is 32.4. The van der Waals surface area contributed by atoms with Crippen molar-refractivity contribution in [2.45, 2.75) is 226 Å². The number of aliphatic hydroxyl groups excluding tert-OH is 14. The molecular formula is C40H67NO28. The third-order valence-electron chi connectivity index (χ3n) is 13.0. The lowest BCUT2D eigenvalue weighted by molar-refractivity contribution is -0.404. The Hall–Kier alpha value is -2.06. The van der Waals surface area contributed by atoms with Crippen LogP contribution in [-0.4, -0.2) is 281 Å². The van der Waals surface area contributed by atoms with Gasteiger partial charge in [-0.05, 0) is 27.7 Å². The lowest BCUT2D eigenvalue weighted by Gasteiger charge is -2.51. The van der Waals surface area contributed by atoms with Gasteiger partial charge in [-0.25, -0.2) is 0 Å². The molecule has 6 aliphatic rings. The summed E-state index contributed by atoms with van der Waals surface area (Å²) in [5.41, 5.74) is 0. The third kappa shape index (κ3) is 12.0. The van der Waals surface area contributed by atoms with Gasteiger partial charge in [0, 0.05) is 13.8 Å². The van der Waals surface area contributed by atoms with Gasteiger partial charge in [-0.2, -0.15) is 0 Å². The quantitative estimate of drug-likeness (QED) is 0.0719. The summed E-state index contributed by atoms with van der Waals surface area (Å²) in [6.07, 6.45) is -50.8. The SMILES string of the molecule is CC(=O)N[C@H]1C(O[C@@H]2OC(C)[C@H](O)[C@H](O[C@@H]3OC(C)[C@H](O)[C@H](O)C3O)C2OC(C)=O)[C@H](O)C(CO)O[C@H]1OC1[C@H](OC2[C@H](O)OC(C)[C@H](O)[C@@H]2O)OC(C)[C@H](O)[C@@H]1O[C@H]1O[C@@H](CO)[C@@H](O)C(O)C1O. The number of hydrogen-bond donors (Lipinski definition) is 15. The van der Waals surface area contributed by atoms with Gasteiger partial charge in [-0.15, -0.1) is 0 Å². The highest BCUT2D eigenvalue weighted by Gasteiger charge is 2.59. The zero-order valence-corrected chi connectivity index (χ0v) is 38.2. The van der Waals surface area contributed by atoms with Gasteiger partial charge in [-0.3, -0.25) is 9.59 Å². The fourth-order valence-electron chi connectivity index (χ4n) is 8.94. The molecule has 15 N–H and O–H groups in total. The average Bonchev–Trinajstić information content (AvgIpc) is 3.29. The molecule has 0 saturated carbocycles. The normalized spacial score (nSPS) is 51.9. The highest BCUT2D eigenvalue weighted by atomic mass is 16.8. The zero-order chi connectivity index (χ0) is 51.1. The summed E-state index contributed by atoms with van der Waals surface area (Å²) in [4.78, 5) is 25.6. The molecule has 6 heterocycles. The second-order valence-electron chi connectivity index (χ2n) is 18.0. The minimum atomic E-state index is -2.06. The summed E-state index contributed by atoms with van der Waals surface area (Å²) in [7, 11) is 0. The van der Waals surface area contributed by atoms with Crippen molar-refractivity contribution in [1.29, 1.82) is 0 Å². The maximum atomic E-state index is 13.0. The Bertz CT molecular complexity index is 1670. The van der Waals surface area contributed by atoms with Crippen LogP contribution in [0, 0.1) is 0 Å². The summed E-state index contributed by atoms with van der Waals surface area (Å²) in [5.74, 6) is -1.84. The smallest absolute Gasteiger partial charge is 0.303 e. The molecule has 0 aromatic rings. The fourth-order valence-corrected chi connectivity index (χ4v) is 8.94. The molecule has 0 bridgehead atoms. The van der Waals surface area contributed by atoms with Crippen molar-refractivity contribution in [3.05, 3.63) is 0 Å². The molecule has 400 valence electrons. The van der Waals surface area contributed by atoms with E-state index in [1.165, 1.54) is 27.7 Å². The monoisotopic (exact) mass is 1010 g/mol. The Morgan fingerprint density at radius 2 is 0.812 bits per heavy atom. The molecule has 69 heavy (non-hydrogen) atoms. The molecule has 12 unspecified atom stereocenters. The van der Waals surface area contributed by atoms with Crippen molar-refractivity contribution in [1.82, 2.24) is 5.32 Å². The molecule has 29 nitrogen and oxygen atoms in total. The molecule has 6 rings (SSSR count). The van der Waals surface area contributed by atoms with E-state index in [2.05, 4.69) is 5.32 Å². The van der Waals surface area contributed by atoms with E-state index in [0.29, 0.717) is 0 Å². The fraction of sp³-hybridized carbons (Fsp3) is 0.950. The van der Waals surface area contributed by atoms with E-state index in [1.54, 1.807) is 0 Å². The molecule has 0 spiro atoms. The summed E-state index contributed by atoms with van der Waals surface area (Å²) < 4.78 is 70.4. The van der Waals surface area contributed by atoms with Crippen LogP contribution >= 0.6 is 0 Å². The molecule has 0 aliphatic carbocycles. The van der Waals surface area contributed by atoms with Gasteiger partial charge < -0.3 is 134 Å². The highest BCUT2D eigenvalue weighted by Crippen LogP contribution is 2.38. The number of carbonyl (C=O) groups is 2. The highest BCUT2D eigenvalue weighted by molar-refractivity contribution is 5.73. The van der Waals surface area contributed by atoms with Crippen LogP contribution in [0.1, 0.15) is 41.5 Å². The molecule has 6 saturated heterocycles. The first-order valence-electron chi connectivity index (χ1n) is 22.4. The number of esters is 1. The van der Waals surface area contributed by atoms with Crippen LogP contribution in [0.3, 0.4) is 0 Å². The lowest BCUT2D eigenvalue weighted by atomic mass is 9.94. The van der Waals surface area contributed by atoms with E-state index in [-0.39, 0.29) is 0 Å². The second-order valence-corrected chi connectivity index (χ2v) is 18.0. The van der Waals surface area contributed by atoms with Gasteiger partial charge in [0.05, 0.1) is 37.6 Å². The molecule has 6 aliphatic heterocycles. The van der Waals surface area contributed by atoms with Crippen LogP contribution in [0.2, 0.25) is 0 Å². The Balaban J connectivity index is 1.37. The standard InChI is InChI=1S/C40H67NO28/c1-9-19(47)26(54)32(35(57)58-9)68-40-34(31(21(49)12(4)61-40)67-38-28(56)25(53)22(50)15(7-42)64-38)69-36-17(41-13(5)44)29(23(51)16(8-43)63-36)65-39-33(62-14(6)45)30(20(48)11(3)60-39)66-37-27(55)24(52)18(46)10(2)59-37/h9-12,15-40,42-43,46-57H,7-8H2,1-6H3,(H,41,44)/t9?,10?,11?,12?,15-,16?,17-,18-,19-,20-,21-,22+,23+,24-,25?,26-,27?,28?,29?,30-,31-,32?,33?,34?,35+,36-,37-,38+,39-,40-/m0/s1. The predicted octanol–water partition coefficient (Wildman–Crippen LogP) is -9.28. The van der Waals surface area contributed by atoms with E-state index < -0.39 is 209 Å². The minimum absolute atomic E-state index is 0.839. The van der Waals surface area contributed by atoms with Crippen LogP contribution in [0.5, 0.6) is 0 Å². The predicted molar refractivity (Wildman–Crippen MR) is 215 cm³/mol. The summed E-state index contributed by atoms with van der Waals surface area (Å²) in [6.45, 7) is 5.48. The average molecular weight is 1010 g/mol. The molecule has 1 amide bonds. The molecule has 0 aromatic carbocycles. The Labute approximate surface area is 393 Å². The van der Waals surface area contributed by atoms with E-state index in [9.17, 15) is 81.1 Å². The lowest BCUT2D eigenvalue weighted by Crippen LogP contribution is -2.70. The van der Waals surface area contributed by atoms with Crippen molar-refractivity contribution in [2.75, 3.05) is 13.2 Å². The number of hydrogen-bond acceptors (Lipinski definition) is 28. The van der Waals surface area contributed by atoms with Crippen LogP contribution < -0.4 is 5.32 Å². The molecular weight excluding hydrogens is 942 g/mol. The van der Waals surface area contributed by atoms with E-state index >= 15 is 0 Å². The van der Waals surface area contributed by atoms with E-state index in [4.69, 9.17) is 56.8 Å². The van der Waals surface area contributed by atoms with E-state index in [0.717, 1.165) is 13.8 Å². The molecule has 30 atom stereocenters. The van der Waals surface area contributed by atoms with Crippen molar-refractivity contribution in [3.8, 4) is 0 Å². The summed E-state index contributed by atoms with van der Waals surface area (Å²) in [5, 5.41) is 154. The van der Waals surface area contributed by atoms with Crippen molar-refractivity contribution in [3.63, 3.8) is 0 Å². The van der Waals surface area contributed by atoms with Gasteiger partial charge in [0.25, 0.3) is 0 Å². The first kappa shape index (κ1) is 56.2. The zero-order valence-electron chi connectivity index (χ0n) is 38.2. The summed E-state index contributed by atoms with van der Waals surface area (Å²) in [6, 6.07) is -1.77. The van der Waals surface area contributed by atoms with Gasteiger partial charge >= 0.3 is 5.97 Å². The molecule has 29 heteroatoms. The number of aliphatic hydroxyl groups is 14. The van der Waals surface area contributed by atoms with Crippen LogP contribution in [-0.2, 0) is 66.4 Å². The molecule has 6 fully saturated rings. The number of amides is 1. The second kappa shape index (κ2) is 23.4. The van der Waals surface area contributed by atoms with Gasteiger partial charge in [0.1, 0.15) is 116 Å².